The second-order valence-corrected chi connectivity index (χ2v) is 3.33. The number of benzene rings is 1. The van der Waals surface area contributed by atoms with E-state index in [1.807, 2.05) is 0 Å². The largest absolute Gasteiger partial charge is 0.305 e. The van der Waals surface area contributed by atoms with Crippen LogP contribution < -0.4 is 11.5 Å². The highest BCUT2D eigenvalue weighted by molar-refractivity contribution is 5.35. The molecule has 2 rings (SSSR count). The van der Waals surface area contributed by atoms with Crippen molar-refractivity contribution in [3.63, 3.8) is 0 Å². The minimum Gasteiger partial charge on any atom is -0.305 e. The van der Waals surface area contributed by atoms with E-state index in [0.29, 0.717) is 11.4 Å². The Labute approximate surface area is 94.4 Å². The molecule has 0 aliphatic heterocycles. The van der Waals surface area contributed by atoms with E-state index >= 15 is 0 Å². The molecule has 1 aromatic carbocycles. The smallest absolute Gasteiger partial charge is 0.129 e. The van der Waals surface area contributed by atoms with Crippen LogP contribution in [0.1, 0.15) is 0 Å². The van der Waals surface area contributed by atoms with Crippen molar-refractivity contribution in [2.75, 3.05) is 0 Å². The summed E-state index contributed by atoms with van der Waals surface area (Å²) >= 11 is 0. The van der Waals surface area contributed by atoms with E-state index in [9.17, 15) is 0 Å². The SMILES string of the molecule is NC1(N)C=C[CH][C]=C1/N=N/c1[c][c]ccc1. The zero-order valence-electron chi connectivity index (χ0n) is 8.51. The third-order valence-electron chi connectivity index (χ3n) is 1.99. The quantitative estimate of drug-likeness (QED) is 0.572. The molecule has 0 atom stereocenters. The van der Waals surface area contributed by atoms with Gasteiger partial charge in [0.15, 0.2) is 0 Å². The molecule has 16 heavy (non-hydrogen) atoms. The minimum absolute atomic E-state index is 0.382. The molecule has 0 saturated carbocycles. The Balaban J connectivity index is 2.16. The van der Waals surface area contributed by atoms with Gasteiger partial charge in [-0.15, -0.1) is 0 Å². The van der Waals surface area contributed by atoms with Crippen LogP contribution in [-0.4, -0.2) is 5.66 Å². The van der Waals surface area contributed by atoms with Crippen molar-refractivity contribution in [3.8, 4) is 0 Å². The number of azo groups is 1. The summed E-state index contributed by atoms with van der Waals surface area (Å²) in [5.41, 5.74) is 11.4. The van der Waals surface area contributed by atoms with Crippen LogP contribution in [0.5, 0.6) is 0 Å². The van der Waals surface area contributed by atoms with Crippen molar-refractivity contribution in [3.05, 3.63) is 60.7 Å². The van der Waals surface area contributed by atoms with Gasteiger partial charge in [0.05, 0.1) is 5.69 Å². The standard InChI is InChI=1S/C12H10N4/c13-12(14)9-5-4-8-11(12)16-15-10-6-2-1-3-7-10/h1-2,4-6,9H,13-14H2/b16-15+. The molecule has 0 amide bonds. The molecule has 0 bridgehead atoms. The minimum atomic E-state index is -1.11. The van der Waals surface area contributed by atoms with Gasteiger partial charge in [-0.1, -0.05) is 18.2 Å². The van der Waals surface area contributed by atoms with Crippen molar-refractivity contribution >= 4 is 5.69 Å². The fraction of sp³-hybridized carbons (Fsp3) is 0.0833. The van der Waals surface area contributed by atoms with Gasteiger partial charge in [-0.2, -0.15) is 10.2 Å². The number of rotatable bonds is 2. The van der Waals surface area contributed by atoms with Crippen molar-refractivity contribution in [1.29, 1.82) is 0 Å². The number of nitrogens with two attached hydrogens (primary N) is 2. The fourth-order valence-corrected chi connectivity index (χ4v) is 1.16. The Hall–Kier alpha value is -1.78. The number of allylic oxidation sites excluding steroid dienone is 2. The monoisotopic (exact) mass is 210 g/mol. The normalized spacial score (nSPS) is 18.8. The molecule has 4 heteroatoms. The summed E-state index contributed by atoms with van der Waals surface area (Å²) in [6, 6.07) is 10.9. The van der Waals surface area contributed by atoms with E-state index in [1.54, 1.807) is 36.8 Å². The van der Waals surface area contributed by atoms with E-state index in [4.69, 9.17) is 11.5 Å². The molecule has 4 radical (unpaired) electrons. The molecule has 0 spiro atoms. The average Bonchev–Trinajstić information content (AvgIpc) is 2.28. The summed E-state index contributed by atoms with van der Waals surface area (Å²) in [7, 11) is 0. The lowest BCUT2D eigenvalue weighted by Crippen LogP contribution is -2.49. The zero-order chi connectivity index (χ0) is 11.4. The second-order valence-electron chi connectivity index (χ2n) is 3.33. The molecule has 0 heterocycles. The summed E-state index contributed by atoms with van der Waals surface area (Å²) in [6.45, 7) is 0. The van der Waals surface area contributed by atoms with Crippen LogP contribution in [0.3, 0.4) is 0 Å². The van der Waals surface area contributed by atoms with Crippen LogP contribution in [0.15, 0.2) is 46.3 Å². The van der Waals surface area contributed by atoms with E-state index in [-0.39, 0.29) is 0 Å². The molecule has 4 nitrogen and oxygen atoms in total. The molecule has 0 fully saturated rings. The number of hydrogen-bond acceptors (Lipinski definition) is 4. The fourth-order valence-electron chi connectivity index (χ4n) is 1.16. The zero-order valence-corrected chi connectivity index (χ0v) is 8.51. The molecule has 1 aliphatic carbocycles. The molecule has 4 N–H and O–H groups in total. The summed E-state index contributed by atoms with van der Waals surface area (Å²) in [5.74, 6) is 0. The summed E-state index contributed by atoms with van der Waals surface area (Å²) in [4.78, 5) is 0. The molecule has 0 aromatic heterocycles. The van der Waals surface area contributed by atoms with Gasteiger partial charge in [-0.3, -0.25) is 0 Å². The van der Waals surface area contributed by atoms with Crippen LogP contribution in [-0.2, 0) is 0 Å². The van der Waals surface area contributed by atoms with Gasteiger partial charge in [-0.05, 0) is 24.3 Å². The predicted octanol–water partition coefficient (Wildman–Crippen LogP) is 1.45. The van der Waals surface area contributed by atoms with Gasteiger partial charge in [-0.25, -0.2) is 0 Å². The van der Waals surface area contributed by atoms with Crippen LogP contribution in [0.2, 0.25) is 0 Å². The van der Waals surface area contributed by atoms with Crippen LogP contribution in [0.4, 0.5) is 5.69 Å². The maximum absolute atomic E-state index is 5.79. The van der Waals surface area contributed by atoms with Gasteiger partial charge < -0.3 is 11.5 Å². The topological polar surface area (TPSA) is 76.8 Å². The van der Waals surface area contributed by atoms with Gasteiger partial charge in [0.2, 0.25) is 0 Å². The lowest BCUT2D eigenvalue weighted by Gasteiger charge is -2.22. The molecular formula is C12H10N4. The molecular weight excluding hydrogens is 200 g/mol. The maximum atomic E-state index is 5.79. The lowest BCUT2D eigenvalue weighted by atomic mass is 10.0. The number of nitrogens with zero attached hydrogens (tertiary/aromatic N) is 2. The summed E-state index contributed by atoms with van der Waals surface area (Å²) < 4.78 is 0. The van der Waals surface area contributed by atoms with Crippen LogP contribution in [0, 0.1) is 24.6 Å². The second kappa shape index (κ2) is 4.38. The Bertz CT molecular complexity index is 443. The number of hydrogen-bond donors (Lipinski definition) is 2. The van der Waals surface area contributed by atoms with Crippen molar-refractivity contribution in [2.24, 2.45) is 21.7 Å². The van der Waals surface area contributed by atoms with Crippen molar-refractivity contribution in [2.45, 2.75) is 5.66 Å². The lowest BCUT2D eigenvalue weighted by molar-refractivity contribution is 0.623. The highest BCUT2D eigenvalue weighted by atomic mass is 15.2. The van der Waals surface area contributed by atoms with Crippen molar-refractivity contribution in [1.82, 2.24) is 0 Å². The van der Waals surface area contributed by atoms with Crippen LogP contribution >= 0.6 is 0 Å². The first-order chi connectivity index (χ1) is 7.68. The summed E-state index contributed by atoms with van der Waals surface area (Å²) in [6.07, 6.45) is 7.90. The van der Waals surface area contributed by atoms with Gasteiger partial charge >= 0.3 is 0 Å². The third-order valence-corrected chi connectivity index (χ3v) is 1.99. The van der Waals surface area contributed by atoms with E-state index < -0.39 is 5.66 Å². The van der Waals surface area contributed by atoms with Gasteiger partial charge in [0.1, 0.15) is 11.4 Å². The molecule has 1 aromatic rings. The summed E-state index contributed by atoms with van der Waals surface area (Å²) in [5, 5.41) is 7.90. The van der Waals surface area contributed by atoms with E-state index in [0.717, 1.165) is 0 Å². The average molecular weight is 210 g/mol. The Morgan fingerprint density at radius 1 is 1.25 bits per heavy atom. The predicted molar refractivity (Wildman–Crippen MR) is 59.9 cm³/mol. The maximum Gasteiger partial charge on any atom is 0.129 e. The first kappa shape index (κ1) is 10.7. The third kappa shape index (κ3) is 2.42. The van der Waals surface area contributed by atoms with E-state index in [2.05, 4.69) is 28.4 Å². The highest BCUT2D eigenvalue weighted by Crippen LogP contribution is 2.19. The Morgan fingerprint density at radius 3 is 2.81 bits per heavy atom. The molecule has 0 saturated heterocycles. The first-order valence-corrected chi connectivity index (χ1v) is 4.71. The first-order valence-electron chi connectivity index (χ1n) is 4.71. The van der Waals surface area contributed by atoms with Gasteiger partial charge in [0, 0.05) is 12.5 Å². The highest BCUT2D eigenvalue weighted by Gasteiger charge is 2.23. The molecule has 0 unspecified atom stereocenters. The van der Waals surface area contributed by atoms with Crippen LogP contribution in [0.25, 0.3) is 0 Å². The van der Waals surface area contributed by atoms with Gasteiger partial charge in [0.25, 0.3) is 0 Å². The van der Waals surface area contributed by atoms with Crippen molar-refractivity contribution < 1.29 is 0 Å². The Kier molecular flexibility index (Phi) is 2.94. The molecule has 78 valence electrons. The van der Waals surface area contributed by atoms with E-state index in [1.165, 1.54) is 0 Å². The Morgan fingerprint density at radius 2 is 2.12 bits per heavy atom. The molecule has 1 aliphatic rings.